The summed E-state index contributed by atoms with van der Waals surface area (Å²) in [6, 6.07) is 1.89. The van der Waals surface area contributed by atoms with Gasteiger partial charge in [0.25, 0.3) is 5.91 Å². The summed E-state index contributed by atoms with van der Waals surface area (Å²) in [6.07, 6.45) is 5.12. The van der Waals surface area contributed by atoms with Crippen molar-refractivity contribution < 1.29 is 9.21 Å². The van der Waals surface area contributed by atoms with E-state index in [0.717, 1.165) is 12.8 Å². The van der Waals surface area contributed by atoms with Crippen LogP contribution in [-0.2, 0) is 0 Å². The first-order chi connectivity index (χ1) is 7.09. The van der Waals surface area contributed by atoms with Crippen LogP contribution >= 0.6 is 0 Å². The maximum atomic E-state index is 11.6. The van der Waals surface area contributed by atoms with E-state index in [2.05, 4.69) is 19.2 Å². The van der Waals surface area contributed by atoms with Gasteiger partial charge in [0.05, 0.1) is 11.8 Å². The third-order valence-electron chi connectivity index (χ3n) is 2.34. The zero-order chi connectivity index (χ0) is 11.3. The van der Waals surface area contributed by atoms with Crippen LogP contribution in [0.2, 0.25) is 0 Å². The van der Waals surface area contributed by atoms with E-state index in [1.807, 2.05) is 6.92 Å². The van der Waals surface area contributed by atoms with E-state index in [0.29, 0.717) is 11.5 Å². The highest BCUT2D eigenvalue weighted by atomic mass is 16.3. The fourth-order valence-corrected chi connectivity index (χ4v) is 1.36. The van der Waals surface area contributed by atoms with Crippen LogP contribution in [-0.4, -0.2) is 11.9 Å². The monoisotopic (exact) mass is 209 g/mol. The van der Waals surface area contributed by atoms with Crippen molar-refractivity contribution >= 4 is 5.91 Å². The Morgan fingerprint density at radius 3 is 2.67 bits per heavy atom. The lowest BCUT2D eigenvalue weighted by Gasteiger charge is -2.14. The molecule has 1 N–H and O–H groups in total. The van der Waals surface area contributed by atoms with E-state index in [9.17, 15) is 4.79 Å². The molecular formula is C12H19NO2. The topological polar surface area (TPSA) is 42.2 Å². The standard InChI is InChI=1S/C12H19NO2/c1-9(2)4-5-10(3)13-12(14)11-6-7-15-8-11/h6-10H,4-5H2,1-3H3,(H,13,14). The lowest BCUT2D eigenvalue weighted by Crippen LogP contribution is -2.32. The average Bonchev–Trinajstić information content (AvgIpc) is 2.67. The fraction of sp³-hybridized carbons (Fsp3) is 0.583. The van der Waals surface area contributed by atoms with Gasteiger partial charge in [-0.25, -0.2) is 0 Å². The second kappa shape index (κ2) is 5.59. The zero-order valence-electron chi connectivity index (χ0n) is 9.62. The number of hydrogen-bond donors (Lipinski definition) is 1. The predicted molar refractivity (Wildman–Crippen MR) is 59.7 cm³/mol. The van der Waals surface area contributed by atoms with Gasteiger partial charge in [-0.2, -0.15) is 0 Å². The predicted octanol–water partition coefficient (Wildman–Crippen LogP) is 2.83. The van der Waals surface area contributed by atoms with Gasteiger partial charge in [0.2, 0.25) is 0 Å². The van der Waals surface area contributed by atoms with Crippen LogP contribution in [0.3, 0.4) is 0 Å². The van der Waals surface area contributed by atoms with Crippen molar-refractivity contribution in [1.29, 1.82) is 0 Å². The van der Waals surface area contributed by atoms with Crippen molar-refractivity contribution in [3.05, 3.63) is 24.2 Å². The average molecular weight is 209 g/mol. The van der Waals surface area contributed by atoms with Crippen molar-refractivity contribution in [2.45, 2.75) is 39.7 Å². The van der Waals surface area contributed by atoms with E-state index in [4.69, 9.17) is 4.42 Å². The number of nitrogens with one attached hydrogen (secondary N) is 1. The molecule has 84 valence electrons. The molecule has 1 rings (SSSR count). The largest absolute Gasteiger partial charge is 0.472 e. The highest BCUT2D eigenvalue weighted by Crippen LogP contribution is 2.07. The summed E-state index contributed by atoms with van der Waals surface area (Å²) in [5.41, 5.74) is 0.589. The van der Waals surface area contributed by atoms with E-state index in [1.165, 1.54) is 12.5 Å². The molecular weight excluding hydrogens is 190 g/mol. The van der Waals surface area contributed by atoms with Crippen LogP contribution in [0.15, 0.2) is 23.0 Å². The minimum absolute atomic E-state index is 0.0555. The molecule has 1 heterocycles. The third kappa shape index (κ3) is 4.19. The van der Waals surface area contributed by atoms with E-state index >= 15 is 0 Å². The van der Waals surface area contributed by atoms with Crippen LogP contribution in [0, 0.1) is 5.92 Å². The molecule has 0 fully saturated rings. The highest BCUT2D eigenvalue weighted by molar-refractivity contribution is 5.93. The Kier molecular flexibility index (Phi) is 4.40. The Morgan fingerprint density at radius 2 is 2.13 bits per heavy atom. The summed E-state index contributed by atoms with van der Waals surface area (Å²) < 4.78 is 4.85. The Labute approximate surface area is 90.9 Å². The van der Waals surface area contributed by atoms with Crippen LogP contribution < -0.4 is 5.32 Å². The van der Waals surface area contributed by atoms with E-state index in [1.54, 1.807) is 6.07 Å². The molecule has 1 amide bonds. The minimum atomic E-state index is -0.0555. The van der Waals surface area contributed by atoms with Gasteiger partial charge in [-0.1, -0.05) is 13.8 Å². The molecule has 0 aliphatic rings. The Morgan fingerprint density at radius 1 is 1.40 bits per heavy atom. The van der Waals surface area contributed by atoms with Crippen LogP contribution in [0.1, 0.15) is 44.0 Å². The fourth-order valence-electron chi connectivity index (χ4n) is 1.36. The summed E-state index contributed by atoms with van der Waals surface area (Å²) in [6.45, 7) is 6.40. The molecule has 1 aromatic rings. The first kappa shape index (κ1) is 11.8. The lowest BCUT2D eigenvalue weighted by molar-refractivity contribution is 0.0936. The molecule has 0 spiro atoms. The van der Waals surface area contributed by atoms with E-state index < -0.39 is 0 Å². The molecule has 3 nitrogen and oxygen atoms in total. The summed E-state index contributed by atoms with van der Waals surface area (Å²) in [7, 11) is 0. The van der Waals surface area contributed by atoms with Crippen molar-refractivity contribution in [2.75, 3.05) is 0 Å². The smallest absolute Gasteiger partial charge is 0.254 e. The molecule has 0 aliphatic heterocycles. The number of carbonyl (C=O) groups excluding carboxylic acids is 1. The van der Waals surface area contributed by atoms with Gasteiger partial charge in [-0.3, -0.25) is 4.79 Å². The molecule has 0 bridgehead atoms. The summed E-state index contributed by atoms with van der Waals surface area (Å²) in [5, 5.41) is 2.94. The SMILES string of the molecule is CC(C)CCC(C)NC(=O)c1ccoc1. The molecule has 15 heavy (non-hydrogen) atoms. The first-order valence-electron chi connectivity index (χ1n) is 5.42. The summed E-state index contributed by atoms with van der Waals surface area (Å²) in [5.74, 6) is 0.623. The van der Waals surface area contributed by atoms with Gasteiger partial charge in [0.1, 0.15) is 6.26 Å². The molecule has 0 saturated carbocycles. The molecule has 0 aliphatic carbocycles. The molecule has 0 saturated heterocycles. The van der Waals surface area contributed by atoms with Crippen molar-refractivity contribution in [2.24, 2.45) is 5.92 Å². The Balaban J connectivity index is 2.32. The third-order valence-corrected chi connectivity index (χ3v) is 2.34. The Bertz CT molecular complexity index is 291. The van der Waals surface area contributed by atoms with Crippen LogP contribution in [0.4, 0.5) is 0 Å². The van der Waals surface area contributed by atoms with E-state index in [-0.39, 0.29) is 11.9 Å². The molecule has 0 aromatic carbocycles. The number of carbonyl (C=O) groups is 1. The number of furan rings is 1. The molecule has 3 heteroatoms. The van der Waals surface area contributed by atoms with Crippen molar-refractivity contribution in [3.63, 3.8) is 0 Å². The highest BCUT2D eigenvalue weighted by Gasteiger charge is 2.10. The van der Waals surface area contributed by atoms with Gasteiger partial charge < -0.3 is 9.73 Å². The van der Waals surface area contributed by atoms with Gasteiger partial charge in [-0.05, 0) is 31.7 Å². The quantitative estimate of drug-likeness (QED) is 0.810. The van der Waals surface area contributed by atoms with Gasteiger partial charge in [0.15, 0.2) is 0 Å². The molecule has 1 aromatic heterocycles. The maximum Gasteiger partial charge on any atom is 0.254 e. The summed E-state index contributed by atoms with van der Waals surface area (Å²) >= 11 is 0. The zero-order valence-corrected chi connectivity index (χ0v) is 9.62. The molecule has 1 unspecified atom stereocenters. The number of hydrogen-bond acceptors (Lipinski definition) is 2. The maximum absolute atomic E-state index is 11.6. The minimum Gasteiger partial charge on any atom is -0.472 e. The Hall–Kier alpha value is -1.25. The normalized spacial score (nSPS) is 12.8. The van der Waals surface area contributed by atoms with Gasteiger partial charge >= 0.3 is 0 Å². The van der Waals surface area contributed by atoms with Gasteiger partial charge in [-0.15, -0.1) is 0 Å². The van der Waals surface area contributed by atoms with Crippen LogP contribution in [0.25, 0.3) is 0 Å². The summed E-state index contributed by atoms with van der Waals surface area (Å²) in [4.78, 5) is 11.6. The number of amides is 1. The van der Waals surface area contributed by atoms with Crippen molar-refractivity contribution in [1.82, 2.24) is 5.32 Å². The molecule has 0 radical (unpaired) electrons. The second-order valence-corrected chi connectivity index (χ2v) is 4.36. The number of rotatable bonds is 5. The second-order valence-electron chi connectivity index (χ2n) is 4.36. The first-order valence-corrected chi connectivity index (χ1v) is 5.42. The van der Waals surface area contributed by atoms with Crippen LogP contribution in [0.5, 0.6) is 0 Å². The van der Waals surface area contributed by atoms with Gasteiger partial charge in [0, 0.05) is 6.04 Å². The van der Waals surface area contributed by atoms with Crippen molar-refractivity contribution in [3.8, 4) is 0 Å². The lowest BCUT2D eigenvalue weighted by atomic mass is 10.0. The molecule has 1 atom stereocenters.